The first kappa shape index (κ1) is 11.0. The van der Waals surface area contributed by atoms with Crippen LogP contribution in [0.1, 0.15) is 18.9 Å². The summed E-state index contributed by atoms with van der Waals surface area (Å²) >= 11 is 5.76. The Hall–Kier alpha value is -1.08. The van der Waals surface area contributed by atoms with E-state index >= 15 is 0 Å². The summed E-state index contributed by atoms with van der Waals surface area (Å²) in [6.07, 6.45) is 5.34. The summed E-state index contributed by atoms with van der Waals surface area (Å²) in [4.78, 5) is 10.6. The predicted molar refractivity (Wildman–Crippen MR) is 59.6 cm³/mol. The van der Waals surface area contributed by atoms with Gasteiger partial charge < -0.3 is 0 Å². The molecular formula is C12H13ClO. The van der Waals surface area contributed by atoms with Crippen molar-refractivity contribution in [2.75, 3.05) is 0 Å². The third-order valence-electron chi connectivity index (χ3n) is 1.87. The Labute approximate surface area is 89.4 Å². The molecule has 74 valence electrons. The fraction of sp³-hybridized carbons (Fsp3) is 0.250. The van der Waals surface area contributed by atoms with Gasteiger partial charge in [-0.05, 0) is 43.5 Å². The van der Waals surface area contributed by atoms with Crippen molar-refractivity contribution in [3.05, 3.63) is 47.0 Å². The van der Waals surface area contributed by atoms with Gasteiger partial charge in [0, 0.05) is 5.02 Å². The Balaban J connectivity index is 2.39. The SMILES string of the molecule is CC(=O)/C=C/CCc1ccc(Cl)cc1. The minimum Gasteiger partial charge on any atom is -0.295 e. The van der Waals surface area contributed by atoms with Crippen molar-refractivity contribution in [1.29, 1.82) is 0 Å². The zero-order valence-corrected chi connectivity index (χ0v) is 8.92. The van der Waals surface area contributed by atoms with E-state index in [2.05, 4.69) is 0 Å². The molecule has 0 fully saturated rings. The molecule has 0 saturated heterocycles. The molecule has 0 N–H and O–H groups in total. The van der Waals surface area contributed by atoms with E-state index in [1.807, 2.05) is 30.3 Å². The van der Waals surface area contributed by atoms with Gasteiger partial charge >= 0.3 is 0 Å². The van der Waals surface area contributed by atoms with Gasteiger partial charge in [0.15, 0.2) is 5.78 Å². The van der Waals surface area contributed by atoms with Crippen LogP contribution in [-0.4, -0.2) is 5.78 Å². The molecule has 0 aliphatic rings. The molecule has 1 rings (SSSR count). The van der Waals surface area contributed by atoms with Crippen LogP contribution in [0.4, 0.5) is 0 Å². The quantitative estimate of drug-likeness (QED) is 0.693. The van der Waals surface area contributed by atoms with Gasteiger partial charge in [0.1, 0.15) is 0 Å². The number of aryl methyl sites for hydroxylation is 1. The highest BCUT2D eigenvalue weighted by molar-refractivity contribution is 6.30. The van der Waals surface area contributed by atoms with Crippen LogP contribution in [0.3, 0.4) is 0 Å². The Kier molecular flexibility index (Phi) is 4.41. The van der Waals surface area contributed by atoms with E-state index in [-0.39, 0.29) is 5.78 Å². The number of carbonyl (C=O) groups excluding carboxylic acids is 1. The van der Waals surface area contributed by atoms with E-state index in [1.54, 1.807) is 13.0 Å². The first-order chi connectivity index (χ1) is 6.68. The summed E-state index contributed by atoms with van der Waals surface area (Å²) in [7, 11) is 0. The predicted octanol–water partition coefficient (Wildman–Crippen LogP) is 3.42. The zero-order chi connectivity index (χ0) is 10.4. The van der Waals surface area contributed by atoms with Crippen LogP contribution in [0, 0.1) is 0 Å². The topological polar surface area (TPSA) is 17.1 Å². The average Bonchev–Trinajstić information content (AvgIpc) is 2.15. The summed E-state index contributed by atoms with van der Waals surface area (Å²) in [6, 6.07) is 7.77. The lowest BCUT2D eigenvalue weighted by Crippen LogP contribution is -1.84. The molecule has 0 atom stereocenters. The van der Waals surface area contributed by atoms with Crippen molar-refractivity contribution >= 4 is 17.4 Å². The second kappa shape index (κ2) is 5.61. The number of benzene rings is 1. The number of hydrogen-bond donors (Lipinski definition) is 0. The molecule has 1 nitrogen and oxygen atoms in total. The number of halogens is 1. The normalized spacial score (nSPS) is 10.7. The van der Waals surface area contributed by atoms with Crippen molar-refractivity contribution in [2.45, 2.75) is 19.8 Å². The van der Waals surface area contributed by atoms with Gasteiger partial charge in [0.2, 0.25) is 0 Å². The lowest BCUT2D eigenvalue weighted by Gasteiger charge is -1.97. The molecule has 0 radical (unpaired) electrons. The third-order valence-corrected chi connectivity index (χ3v) is 2.12. The summed E-state index contributed by atoms with van der Waals surface area (Å²) < 4.78 is 0. The minimum absolute atomic E-state index is 0.0982. The molecular weight excluding hydrogens is 196 g/mol. The Morgan fingerprint density at radius 3 is 2.57 bits per heavy atom. The highest BCUT2D eigenvalue weighted by Crippen LogP contribution is 2.10. The Morgan fingerprint density at radius 1 is 1.36 bits per heavy atom. The first-order valence-corrected chi connectivity index (χ1v) is 4.98. The van der Waals surface area contributed by atoms with Crippen LogP contribution >= 0.6 is 11.6 Å². The van der Waals surface area contributed by atoms with E-state index in [1.165, 1.54) is 5.56 Å². The van der Waals surface area contributed by atoms with Crippen LogP contribution in [-0.2, 0) is 11.2 Å². The van der Waals surface area contributed by atoms with Crippen molar-refractivity contribution in [3.8, 4) is 0 Å². The van der Waals surface area contributed by atoms with Gasteiger partial charge in [-0.1, -0.05) is 29.8 Å². The summed E-state index contributed by atoms with van der Waals surface area (Å²) in [5.41, 5.74) is 1.24. The third kappa shape index (κ3) is 4.24. The van der Waals surface area contributed by atoms with Crippen LogP contribution in [0.15, 0.2) is 36.4 Å². The molecule has 0 heterocycles. The molecule has 0 aliphatic carbocycles. The van der Waals surface area contributed by atoms with Crippen LogP contribution in [0.2, 0.25) is 5.02 Å². The fourth-order valence-electron chi connectivity index (χ4n) is 1.15. The fourth-order valence-corrected chi connectivity index (χ4v) is 1.28. The lowest BCUT2D eigenvalue weighted by molar-refractivity contribution is -0.112. The van der Waals surface area contributed by atoms with Gasteiger partial charge in [-0.3, -0.25) is 4.79 Å². The average molecular weight is 209 g/mol. The molecule has 0 amide bonds. The summed E-state index contributed by atoms with van der Waals surface area (Å²) in [6.45, 7) is 1.55. The summed E-state index contributed by atoms with van der Waals surface area (Å²) in [5.74, 6) is 0.0982. The first-order valence-electron chi connectivity index (χ1n) is 4.60. The minimum atomic E-state index is 0.0982. The summed E-state index contributed by atoms with van der Waals surface area (Å²) in [5, 5.41) is 0.757. The maximum atomic E-state index is 10.6. The van der Waals surface area contributed by atoms with Crippen molar-refractivity contribution < 1.29 is 4.79 Å². The van der Waals surface area contributed by atoms with Gasteiger partial charge in [-0.15, -0.1) is 0 Å². The molecule has 2 heteroatoms. The van der Waals surface area contributed by atoms with E-state index in [9.17, 15) is 4.79 Å². The van der Waals surface area contributed by atoms with Gasteiger partial charge in [-0.2, -0.15) is 0 Å². The number of rotatable bonds is 4. The van der Waals surface area contributed by atoms with E-state index in [0.29, 0.717) is 0 Å². The smallest absolute Gasteiger partial charge is 0.152 e. The second-order valence-electron chi connectivity index (χ2n) is 3.18. The molecule has 0 aromatic heterocycles. The van der Waals surface area contributed by atoms with Gasteiger partial charge in [0.25, 0.3) is 0 Å². The number of carbonyl (C=O) groups is 1. The van der Waals surface area contributed by atoms with Crippen LogP contribution in [0.25, 0.3) is 0 Å². The molecule has 0 bridgehead atoms. The second-order valence-corrected chi connectivity index (χ2v) is 3.61. The maximum Gasteiger partial charge on any atom is 0.152 e. The number of ketones is 1. The highest BCUT2D eigenvalue weighted by Gasteiger charge is 1.91. The molecule has 0 aliphatic heterocycles. The van der Waals surface area contributed by atoms with Crippen molar-refractivity contribution in [2.24, 2.45) is 0 Å². The molecule has 14 heavy (non-hydrogen) atoms. The number of allylic oxidation sites excluding steroid dienone is 2. The molecule has 1 aromatic rings. The monoisotopic (exact) mass is 208 g/mol. The van der Waals surface area contributed by atoms with E-state index < -0.39 is 0 Å². The molecule has 1 aromatic carbocycles. The molecule has 0 unspecified atom stereocenters. The maximum absolute atomic E-state index is 10.6. The van der Waals surface area contributed by atoms with Crippen molar-refractivity contribution in [3.63, 3.8) is 0 Å². The molecule has 0 saturated carbocycles. The lowest BCUT2D eigenvalue weighted by atomic mass is 10.1. The zero-order valence-electron chi connectivity index (χ0n) is 8.16. The largest absolute Gasteiger partial charge is 0.295 e. The Bertz CT molecular complexity index is 325. The molecule has 0 spiro atoms. The van der Waals surface area contributed by atoms with E-state index in [0.717, 1.165) is 17.9 Å². The van der Waals surface area contributed by atoms with Crippen LogP contribution < -0.4 is 0 Å². The standard InChI is InChI=1S/C12H13ClO/c1-10(14)4-2-3-5-11-6-8-12(13)9-7-11/h2,4,6-9H,3,5H2,1H3/b4-2+. The Morgan fingerprint density at radius 2 is 2.00 bits per heavy atom. The van der Waals surface area contributed by atoms with Crippen molar-refractivity contribution in [1.82, 2.24) is 0 Å². The number of hydrogen-bond acceptors (Lipinski definition) is 1. The highest BCUT2D eigenvalue weighted by atomic mass is 35.5. The van der Waals surface area contributed by atoms with Gasteiger partial charge in [-0.25, -0.2) is 0 Å². The van der Waals surface area contributed by atoms with Gasteiger partial charge in [0.05, 0.1) is 0 Å². The van der Waals surface area contributed by atoms with E-state index in [4.69, 9.17) is 11.6 Å². The van der Waals surface area contributed by atoms with Crippen LogP contribution in [0.5, 0.6) is 0 Å².